The fraction of sp³-hybridized carbons (Fsp3) is 0.529. The van der Waals surface area contributed by atoms with E-state index in [0.717, 1.165) is 36.8 Å². The molecule has 3 aromatic rings. The van der Waals surface area contributed by atoms with E-state index in [1.54, 1.807) is 12.7 Å². The molecule has 0 radical (unpaired) electrons. The molecule has 7 heteroatoms. The summed E-state index contributed by atoms with van der Waals surface area (Å²) in [5.74, 6) is 0.798. The third kappa shape index (κ3) is 3.03. The summed E-state index contributed by atoms with van der Waals surface area (Å²) in [6, 6.07) is 2.58. The third-order valence-electron chi connectivity index (χ3n) is 4.79. The maximum atomic E-state index is 4.74. The average molecular weight is 325 g/mol. The van der Waals surface area contributed by atoms with Gasteiger partial charge in [0.2, 0.25) is 5.78 Å². The molecule has 0 aliphatic carbocycles. The SMILES string of the molecule is Cc1cc(C)n2cc(CN3CCCC[C@@H]3Cn3cncn3)nc2n1. The quantitative estimate of drug-likeness (QED) is 0.734. The third-order valence-corrected chi connectivity index (χ3v) is 4.79. The van der Waals surface area contributed by atoms with Gasteiger partial charge >= 0.3 is 0 Å². The van der Waals surface area contributed by atoms with Crippen molar-refractivity contribution in [2.24, 2.45) is 0 Å². The van der Waals surface area contributed by atoms with Gasteiger partial charge in [0.15, 0.2) is 0 Å². The molecule has 1 aliphatic heterocycles. The van der Waals surface area contributed by atoms with Crippen LogP contribution in [0.25, 0.3) is 5.78 Å². The molecule has 0 amide bonds. The highest BCUT2D eigenvalue weighted by Gasteiger charge is 2.24. The zero-order valence-electron chi connectivity index (χ0n) is 14.3. The number of nitrogens with zero attached hydrogens (tertiary/aromatic N) is 7. The lowest BCUT2D eigenvalue weighted by molar-refractivity contribution is 0.120. The molecule has 24 heavy (non-hydrogen) atoms. The summed E-state index contributed by atoms with van der Waals surface area (Å²) < 4.78 is 4.01. The van der Waals surface area contributed by atoms with Crippen LogP contribution in [0.15, 0.2) is 24.9 Å². The van der Waals surface area contributed by atoms with Gasteiger partial charge in [0.05, 0.1) is 12.2 Å². The van der Waals surface area contributed by atoms with E-state index in [9.17, 15) is 0 Å². The first-order valence-corrected chi connectivity index (χ1v) is 8.58. The Morgan fingerprint density at radius 1 is 1.21 bits per heavy atom. The van der Waals surface area contributed by atoms with E-state index in [2.05, 4.69) is 43.6 Å². The van der Waals surface area contributed by atoms with Crippen LogP contribution in [0.2, 0.25) is 0 Å². The first kappa shape index (κ1) is 15.3. The van der Waals surface area contributed by atoms with Crippen molar-refractivity contribution in [1.29, 1.82) is 0 Å². The molecular weight excluding hydrogens is 302 g/mol. The summed E-state index contributed by atoms with van der Waals surface area (Å²) in [6.07, 6.45) is 9.25. The number of likely N-dealkylation sites (tertiary alicyclic amines) is 1. The highest BCUT2D eigenvalue weighted by molar-refractivity contribution is 5.34. The number of rotatable bonds is 4. The summed E-state index contributed by atoms with van der Waals surface area (Å²) in [4.78, 5) is 15.9. The molecule has 1 saturated heterocycles. The molecule has 0 unspecified atom stereocenters. The minimum absolute atomic E-state index is 0.487. The minimum Gasteiger partial charge on any atom is -0.293 e. The van der Waals surface area contributed by atoms with Crippen LogP contribution in [-0.2, 0) is 13.1 Å². The molecule has 4 heterocycles. The van der Waals surface area contributed by atoms with E-state index in [-0.39, 0.29) is 0 Å². The second kappa shape index (κ2) is 6.32. The molecule has 0 N–H and O–H groups in total. The normalized spacial score (nSPS) is 19.2. The van der Waals surface area contributed by atoms with Crippen LogP contribution >= 0.6 is 0 Å². The zero-order valence-corrected chi connectivity index (χ0v) is 14.3. The molecule has 0 saturated carbocycles. The Balaban J connectivity index is 1.55. The van der Waals surface area contributed by atoms with Gasteiger partial charge in [-0.05, 0) is 39.3 Å². The standard InChI is InChI=1S/C17H23N7/c1-13-7-14(2)24-9-15(21-17(24)20-13)8-22-6-4-3-5-16(22)10-23-12-18-11-19-23/h7,9,11-12,16H,3-6,8,10H2,1-2H3/t16-/m1/s1. The summed E-state index contributed by atoms with van der Waals surface area (Å²) >= 11 is 0. The minimum atomic E-state index is 0.487. The van der Waals surface area contributed by atoms with Gasteiger partial charge in [0.25, 0.3) is 0 Å². The molecule has 1 aliphatic rings. The number of hydrogen-bond acceptors (Lipinski definition) is 5. The number of piperidine rings is 1. The van der Waals surface area contributed by atoms with E-state index < -0.39 is 0 Å². The first-order chi connectivity index (χ1) is 11.7. The fourth-order valence-electron chi connectivity index (χ4n) is 3.62. The number of hydrogen-bond donors (Lipinski definition) is 0. The van der Waals surface area contributed by atoms with Gasteiger partial charge in [-0.25, -0.2) is 15.0 Å². The second-order valence-corrected chi connectivity index (χ2v) is 6.68. The van der Waals surface area contributed by atoms with E-state index in [1.807, 2.05) is 11.6 Å². The molecule has 0 spiro atoms. The molecule has 7 nitrogen and oxygen atoms in total. The van der Waals surface area contributed by atoms with Gasteiger partial charge in [-0.1, -0.05) is 6.42 Å². The Hall–Kier alpha value is -2.28. The van der Waals surface area contributed by atoms with Crippen molar-refractivity contribution >= 4 is 5.78 Å². The van der Waals surface area contributed by atoms with E-state index >= 15 is 0 Å². The largest absolute Gasteiger partial charge is 0.293 e. The average Bonchev–Trinajstić information content (AvgIpc) is 3.19. The van der Waals surface area contributed by atoms with E-state index in [1.165, 1.54) is 25.0 Å². The van der Waals surface area contributed by atoms with Crippen molar-refractivity contribution in [3.63, 3.8) is 0 Å². The molecule has 1 fully saturated rings. The summed E-state index contributed by atoms with van der Waals surface area (Å²) in [6.45, 7) is 6.98. The lowest BCUT2D eigenvalue weighted by Gasteiger charge is -2.35. The highest BCUT2D eigenvalue weighted by atomic mass is 15.3. The smallest absolute Gasteiger partial charge is 0.234 e. The molecule has 4 rings (SSSR count). The Bertz CT molecular complexity index is 821. The molecule has 0 aromatic carbocycles. The first-order valence-electron chi connectivity index (χ1n) is 8.58. The van der Waals surface area contributed by atoms with Crippen molar-refractivity contribution < 1.29 is 0 Å². The Morgan fingerprint density at radius 3 is 2.96 bits per heavy atom. The van der Waals surface area contributed by atoms with Crippen LogP contribution in [0, 0.1) is 13.8 Å². The Labute approximate surface area is 141 Å². The monoisotopic (exact) mass is 325 g/mol. The van der Waals surface area contributed by atoms with Crippen LogP contribution in [0.3, 0.4) is 0 Å². The number of aryl methyl sites for hydroxylation is 2. The van der Waals surface area contributed by atoms with Crippen molar-refractivity contribution in [2.45, 2.75) is 52.2 Å². The number of fused-ring (bicyclic) bond motifs is 1. The van der Waals surface area contributed by atoms with Crippen LogP contribution in [-0.4, -0.2) is 46.6 Å². The van der Waals surface area contributed by atoms with E-state index in [4.69, 9.17) is 4.98 Å². The van der Waals surface area contributed by atoms with Crippen molar-refractivity contribution in [1.82, 2.24) is 34.0 Å². The Morgan fingerprint density at radius 2 is 2.12 bits per heavy atom. The van der Waals surface area contributed by atoms with Crippen molar-refractivity contribution in [3.8, 4) is 0 Å². The predicted octanol–water partition coefficient (Wildman–Crippen LogP) is 1.99. The van der Waals surface area contributed by atoms with Crippen LogP contribution in [0.4, 0.5) is 0 Å². The molecular formula is C17H23N7. The predicted molar refractivity (Wildman–Crippen MR) is 90.5 cm³/mol. The van der Waals surface area contributed by atoms with Crippen molar-refractivity contribution in [3.05, 3.63) is 42.0 Å². The topological polar surface area (TPSA) is 64.1 Å². The Kier molecular flexibility index (Phi) is 4.02. The van der Waals surface area contributed by atoms with Gasteiger partial charge in [-0.3, -0.25) is 14.0 Å². The second-order valence-electron chi connectivity index (χ2n) is 6.68. The van der Waals surface area contributed by atoms with Crippen LogP contribution < -0.4 is 0 Å². The van der Waals surface area contributed by atoms with Gasteiger partial charge in [0, 0.05) is 30.2 Å². The molecule has 3 aromatic heterocycles. The maximum Gasteiger partial charge on any atom is 0.234 e. The molecule has 0 bridgehead atoms. The maximum absolute atomic E-state index is 4.74. The lowest BCUT2D eigenvalue weighted by atomic mass is 10.0. The van der Waals surface area contributed by atoms with Crippen LogP contribution in [0.1, 0.15) is 36.3 Å². The van der Waals surface area contributed by atoms with Gasteiger partial charge < -0.3 is 0 Å². The van der Waals surface area contributed by atoms with E-state index in [0.29, 0.717) is 6.04 Å². The fourth-order valence-corrected chi connectivity index (χ4v) is 3.62. The number of imidazole rings is 1. The van der Waals surface area contributed by atoms with Gasteiger partial charge in [0.1, 0.15) is 12.7 Å². The summed E-state index contributed by atoms with van der Waals surface area (Å²) in [5, 5.41) is 4.26. The number of aromatic nitrogens is 6. The lowest BCUT2D eigenvalue weighted by Crippen LogP contribution is -2.41. The van der Waals surface area contributed by atoms with Crippen LogP contribution in [0.5, 0.6) is 0 Å². The summed E-state index contributed by atoms with van der Waals surface area (Å²) in [5.41, 5.74) is 3.27. The summed E-state index contributed by atoms with van der Waals surface area (Å²) in [7, 11) is 0. The molecule has 126 valence electrons. The highest BCUT2D eigenvalue weighted by Crippen LogP contribution is 2.21. The van der Waals surface area contributed by atoms with Crippen molar-refractivity contribution in [2.75, 3.05) is 6.54 Å². The van der Waals surface area contributed by atoms with Gasteiger partial charge in [-0.2, -0.15) is 5.10 Å². The zero-order chi connectivity index (χ0) is 16.5. The van der Waals surface area contributed by atoms with Gasteiger partial charge in [-0.15, -0.1) is 0 Å². The molecule has 1 atom stereocenters.